The quantitative estimate of drug-likeness (QED) is 0.897. The summed E-state index contributed by atoms with van der Waals surface area (Å²) in [4.78, 5) is 11.7. The van der Waals surface area contributed by atoms with Crippen molar-refractivity contribution in [1.29, 1.82) is 0 Å². The van der Waals surface area contributed by atoms with Gasteiger partial charge < -0.3 is 11.1 Å². The van der Waals surface area contributed by atoms with Crippen molar-refractivity contribution >= 4 is 27.5 Å². The molecule has 0 saturated carbocycles. The summed E-state index contributed by atoms with van der Waals surface area (Å²) in [5, 5.41) is 2.85. The van der Waals surface area contributed by atoms with Crippen LogP contribution in [0.25, 0.3) is 0 Å². The van der Waals surface area contributed by atoms with Crippen LogP contribution in [0.5, 0.6) is 0 Å². The minimum absolute atomic E-state index is 0.0399. The molecule has 0 aromatic heterocycles. The van der Waals surface area contributed by atoms with Gasteiger partial charge >= 0.3 is 0 Å². The molecule has 3 N–H and O–H groups in total. The molecule has 1 amide bonds. The molecule has 0 aliphatic rings. The van der Waals surface area contributed by atoms with E-state index in [9.17, 15) is 4.79 Å². The summed E-state index contributed by atoms with van der Waals surface area (Å²) in [5.74, 6) is 0.271. The van der Waals surface area contributed by atoms with Crippen LogP contribution in [0.3, 0.4) is 0 Å². The number of hydrogen-bond donors (Lipinski definition) is 2. The van der Waals surface area contributed by atoms with E-state index in [0.29, 0.717) is 12.3 Å². The molecule has 1 atom stereocenters. The maximum atomic E-state index is 11.7. The Kier molecular flexibility index (Phi) is 5.15. The second-order valence-corrected chi connectivity index (χ2v) is 5.48. The summed E-state index contributed by atoms with van der Waals surface area (Å²) in [6, 6.07) is 5.65. The Balaban J connectivity index is 2.59. The summed E-state index contributed by atoms with van der Waals surface area (Å²) < 4.78 is 0.989. The lowest BCUT2D eigenvalue weighted by molar-refractivity contribution is -0.116. The number of anilines is 1. The van der Waals surface area contributed by atoms with Gasteiger partial charge in [-0.3, -0.25) is 4.79 Å². The van der Waals surface area contributed by atoms with Crippen molar-refractivity contribution in [3.05, 3.63) is 28.2 Å². The first-order chi connectivity index (χ1) is 7.90. The van der Waals surface area contributed by atoms with E-state index in [4.69, 9.17) is 5.73 Å². The Hall–Kier alpha value is -0.870. The lowest BCUT2D eigenvalue weighted by atomic mass is 10.0. The van der Waals surface area contributed by atoms with Crippen LogP contribution in [0.2, 0.25) is 0 Å². The summed E-state index contributed by atoms with van der Waals surface area (Å²) in [6.07, 6.45) is 0.350. The highest BCUT2D eigenvalue weighted by molar-refractivity contribution is 9.10. The molecule has 3 nitrogen and oxygen atoms in total. The molecular formula is C13H19BrN2O. The van der Waals surface area contributed by atoms with Crippen molar-refractivity contribution in [2.45, 2.75) is 33.2 Å². The third-order valence-corrected chi connectivity index (χ3v) is 3.59. The standard InChI is InChI=1S/C13H19BrN2O/c1-8(2)12(15)7-13(17)16-10-5-4-9(3)11(14)6-10/h4-6,8,12H,7,15H2,1-3H3,(H,16,17). The summed E-state index contributed by atoms with van der Waals surface area (Å²) in [6.45, 7) is 6.03. The molecule has 1 rings (SSSR count). The molecule has 0 saturated heterocycles. The predicted molar refractivity (Wildman–Crippen MR) is 74.9 cm³/mol. The minimum atomic E-state index is -0.0936. The Morgan fingerprint density at radius 2 is 2.12 bits per heavy atom. The molecule has 1 aromatic carbocycles. The maximum absolute atomic E-state index is 11.7. The highest BCUT2D eigenvalue weighted by Gasteiger charge is 2.13. The van der Waals surface area contributed by atoms with Crippen molar-refractivity contribution in [2.75, 3.05) is 5.32 Å². The van der Waals surface area contributed by atoms with Gasteiger partial charge in [-0.1, -0.05) is 35.8 Å². The fourth-order valence-electron chi connectivity index (χ4n) is 1.33. The number of benzene rings is 1. The second-order valence-electron chi connectivity index (χ2n) is 4.62. The molecule has 0 radical (unpaired) electrons. The Morgan fingerprint density at radius 1 is 1.47 bits per heavy atom. The number of halogens is 1. The van der Waals surface area contributed by atoms with Crippen LogP contribution in [0.1, 0.15) is 25.8 Å². The van der Waals surface area contributed by atoms with E-state index in [1.165, 1.54) is 0 Å². The number of nitrogens with one attached hydrogen (secondary N) is 1. The predicted octanol–water partition coefficient (Wildman–Crippen LogP) is 3.07. The van der Waals surface area contributed by atoms with Gasteiger partial charge in [-0.05, 0) is 30.5 Å². The monoisotopic (exact) mass is 298 g/mol. The van der Waals surface area contributed by atoms with E-state index in [-0.39, 0.29) is 11.9 Å². The van der Waals surface area contributed by atoms with Crippen molar-refractivity contribution in [1.82, 2.24) is 0 Å². The third-order valence-electron chi connectivity index (χ3n) is 2.73. The van der Waals surface area contributed by atoms with E-state index in [1.54, 1.807) is 0 Å². The van der Waals surface area contributed by atoms with Crippen LogP contribution in [0.15, 0.2) is 22.7 Å². The van der Waals surface area contributed by atoms with E-state index in [1.807, 2.05) is 39.0 Å². The van der Waals surface area contributed by atoms with Gasteiger partial charge in [0.15, 0.2) is 0 Å². The molecule has 0 fully saturated rings. The lowest BCUT2D eigenvalue weighted by Gasteiger charge is -2.15. The van der Waals surface area contributed by atoms with Crippen LogP contribution in [-0.4, -0.2) is 11.9 Å². The molecule has 0 heterocycles. The number of hydrogen-bond acceptors (Lipinski definition) is 2. The van der Waals surface area contributed by atoms with E-state index in [0.717, 1.165) is 15.7 Å². The average Bonchev–Trinajstić information content (AvgIpc) is 2.23. The highest BCUT2D eigenvalue weighted by atomic mass is 79.9. The van der Waals surface area contributed by atoms with Crippen LogP contribution < -0.4 is 11.1 Å². The van der Waals surface area contributed by atoms with E-state index < -0.39 is 0 Å². The molecule has 4 heteroatoms. The number of carbonyl (C=O) groups is 1. The fraction of sp³-hybridized carbons (Fsp3) is 0.462. The lowest BCUT2D eigenvalue weighted by Crippen LogP contribution is -2.31. The molecular weight excluding hydrogens is 280 g/mol. The van der Waals surface area contributed by atoms with Crippen LogP contribution in [0, 0.1) is 12.8 Å². The zero-order valence-corrected chi connectivity index (χ0v) is 12.0. The van der Waals surface area contributed by atoms with E-state index >= 15 is 0 Å². The second kappa shape index (κ2) is 6.17. The van der Waals surface area contributed by atoms with E-state index in [2.05, 4.69) is 21.2 Å². The molecule has 0 aliphatic carbocycles. The Bertz CT molecular complexity index is 404. The van der Waals surface area contributed by atoms with Crippen molar-refractivity contribution in [2.24, 2.45) is 11.7 Å². The number of rotatable bonds is 4. The van der Waals surface area contributed by atoms with Crippen LogP contribution in [0.4, 0.5) is 5.69 Å². The van der Waals surface area contributed by atoms with Gasteiger partial charge in [0.25, 0.3) is 0 Å². The van der Waals surface area contributed by atoms with Gasteiger partial charge in [0.1, 0.15) is 0 Å². The summed E-state index contributed by atoms with van der Waals surface area (Å²) in [5.41, 5.74) is 7.79. The Labute approximate surface area is 111 Å². The smallest absolute Gasteiger partial charge is 0.225 e. The molecule has 94 valence electrons. The number of amides is 1. The van der Waals surface area contributed by atoms with Gasteiger partial charge in [-0.15, -0.1) is 0 Å². The van der Waals surface area contributed by atoms with Gasteiger partial charge in [0.2, 0.25) is 5.91 Å². The normalized spacial score (nSPS) is 12.6. The molecule has 0 spiro atoms. The van der Waals surface area contributed by atoms with Crippen LogP contribution >= 0.6 is 15.9 Å². The Morgan fingerprint density at radius 3 is 2.65 bits per heavy atom. The van der Waals surface area contributed by atoms with Crippen molar-refractivity contribution < 1.29 is 4.79 Å². The molecule has 1 unspecified atom stereocenters. The SMILES string of the molecule is Cc1ccc(NC(=O)CC(N)C(C)C)cc1Br. The fourth-order valence-corrected chi connectivity index (χ4v) is 1.71. The molecule has 0 bridgehead atoms. The average molecular weight is 299 g/mol. The molecule has 0 aliphatic heterocycles. The first-order valence-electron chi connectivity index (χ1n) is 5.71. The third kappa shape index (κ3) is 4.48. The topological polar surface area (TPSA) is 55.1 Å². The summed E-state index contributed by atoms with van der Waals surface area (Å²) in [7, 11) is 0. The summed E-state index contributed by atoms with van der Waals surface area (Å²) >= 11 is 3.43. The number of aryl methyl sites for hydroxylation is 1. The van der Waals surface area contributed by atoms with Gasteiger partial charge in [0.05, 0.1) is 0 Å². The molecule has 1 aromatic rings. The largest absolute Gasteiger partial charge is 0.327 e. The minimum Gasteiger partial charge on any atom is -0.327 e. The number of nitrogens with two attached hydrogens (primary N) is 1. The van der Waals surface area contributed by atoms with Gasteiger partial charge in [0, 0.05) is 22.6 Å². The van der Waals surface area contributed by atoms with Crippen molar-refractivity contribution in [3.8, 4) is 0 Å². The zero-order chi connectivity index (χ0) is 13.0. The van der Waals surface area contributed by atoms with Gasteiger partial charge in [-0.2, -0.15) is 0 Å². The first-order valence-corrected chi connectivity index (χ1v) is 6.51. The van der Waals surface area contributed by atoms with Crippen molar-refractivity contribution in [3.63, 3.8) is 0 Å². The van der Waals surface area contributed by atoms with Gasteiger partial charge in [-0.25, -0.2) is 0 Å². The van der Waals surface area contributed by atoms with Crippen LogP contribution in [-0.2, 0) is 4.79 Å². The number of carbonyl (C=O) groups excluding carboxylic acids is 1. The zero-order valence-electron chi connectivity index (χ0n) is 10.5. The maximum Gasteiger partial charge on any atom is 0.225 e. The molecule has 17 heavy (non-hydrogen) atoms. The first kappa shape index (κ1) is 14.2. The highest BCUT2D eigenvalue weighted by Crippen LogP contribution is 2.20.